The molecule has 7 heteroatoms. The molecule has 0 unspecified atom stereocenters. The van der Waals surface area contributed by atoms with Crippen LogP contribution in [0.1, 0.15) is 50.4 Å². The molecule has 0 saturated carbocycles. The summed E-state index contributed by atoms with van der Waals surface area (Å²) in [5.41, 5.74) is 2.48. The second-order valence-corrected chi connectivity index (χ2v) is 8.84. The molecule has 2 aromatic carbocycles. The number of benzene rings is 2. The van der Waals surface area contributed by atoms with Crippen LogP contribution in [0.2, 0.25) is 0 Å². The number of methoxy groups -OCH3 is 1. The minimum Gasteiger partial charge on any atom is -0.496 e. The van der Waals surface area contributed by atoms with E-state index in [0.717, 1.165) is 41.0 Å². The quantitative estimate of drug-likeness (QED) is 0.455. The molecule has 1 aliphatic rings. The van der Waals surface area contributed by atoms with Gasteiger partial charge in [0, 0.05) is 40.8 Å². The van der Waals surface area contributed by atoms with Gasteiger partial charge < -0.3 is 9.64 Å². The van der Waals surface area contributed by atoms with E-state index in [-0.39, 0.29) is 11.5 Å². The standard InChI is InChI=1S/C24H27BrN4O2/c1-4-16(2)23-27-21-10-8-18(25)13-20(21)24(30)29(23)26-15-17-7-9-19(14-22(17)31-3)28-11-5-6-12-28/h7-10,13-16H,4-6,11-12H2,1-3H3/t16-/m1/s1. The normalized spacial score (nSPS) is 15.2. The Kier molecular flexibility index (Phi) is 6.41. The van der Waals surface area contributed by atoms with Crippen LogP contribution in [0.5, 0.6) is 5.75 Å². The minimum absolute atomic E-state index is 0.0948. The average molecular weight is 483 g/mol. The fraction of sp³-hybridized carbons (Fsp3) is 0.375. The smallest absolute Gasteiger partial charge is 0.282 e. The van der Waals surface area contributed by atoms with Gasteiger partial charge in [-0.2, -0.15) is 9.78 Å². The molecular weight excluding hydrogens is 456 g/mol. The van der Waals surface area contributed by atoms with Gasteiger partial charge in [-0.3, -0.25) is 4.79 Å². The molecule has 1 aliphatic heterocycles. The van der Waals surface area contributed by atoms with E-state index in [1.807, 2.05) is 24.3 Å². The lowest BCUT2D eigenvalue weighted by atomic mass is 10.1. The third-order valence-electron chi connectivity index (χ3n) is 5.89. The number of hydrogen-bond donors (Lipinski definition) is 0. The van der Waals surface area contributed by atoms with Crippen molar-refractivity contribution < 1.29 is 4.74 Å². The van der Waals surface area contributed by atoms with Crippen LogP contribution in [0.3, 0.4) is 0 Å². The lowest BCUT2D eigenvalue weighted by molar-refractivity contribution is 0.414. The Morgan fingerprint density at radius 2 is 2.00 bits per heavy atom. The van der Waals surface area contributed by atoms with Crippen molar-refractivity contribution >= 4 is 38.7 Å². The van der Waals surface area contributed by atoms with Crippen LogP contribution in [0.25, 0.3) is 10.9 Å². The summed E-state index contributed by atoms with van der Waals surface area (Å²) in [7, 11) is 1.66. The molecule has 0 amide bonds. The van der Waals surface area contributed by atoms with Crippen molar-refractivity contribution in [3.8, 4) is 5.75 Å². The summed E-state index contributed by atoms with van der Waals surface area (Å²) < 4.78 is 7.89. The monoisotopic (exact) mass is 482 g/mol. The first kappa shape index (κ1) is 21.6. The second-order valence-electron chi connectivity index (χ2n) is 7.92. The van der Waals surface area contributed by atoms with Gasteiger partial charge in [0.25, 0.3) is 5.56 Å². The van der Waals surface area contributed by atoms with Gasteiger partial charge in [0.05, 0.1) is 24.2 Å². The van der Waals surface area contributed by atoms with Gasteiger partial charge in [-0.05, 0) is 49.6 Å². The Balaban J connectivity index is 1.78. The highest BCUT2D eigenvalue weighted by atomic mass is 79.9. The fourth-order valence-electron chi connectivity index (χ4n) is 3.88. The number of nitrogens with zero attached hydrogens (tertiary/aromatic N) is 4. The lowest BCUT2D eigenvalue weighted by Crippen LogP contribution is -2.23. The van der Waals surface area contributed by atoms with E-state index in [9.17, 15) is 4.79 Å². The summed E-state index contributed by atoms with van der Waals surface area (Å²) >= 11 is 3.45. The average Bonchev–Trinajstić information content (AvgIpc) is 3.33. The van der Waals surface area contributed by atoms with Crippen molar-refractivity contribution in [3.05, 3.63) is 62.6 Å². The van der Waals surface area contributed by atoms with Crippen molar-refractivity contribution in [2.24, 2.45) is 5.10 Å². The minimum atomic E-state index is -0.175. The highest BCUT2D eigenvalue weighted by molar-refractivity contribution is 9.10. The zero-order chi connectivity index (χ0) is 22.0. The van der Waals surface area contributed by atoms with Crippen LogP contribution in [0.4, 0.5) is 5.69 Å². The number of aromatic nitrogens is 2. The molecule has 0 radical (unpaired) electrons. The van der Waals surface area contributed by atoms with E-state index < -0.39 is 0 Å². The molecule has 0 bridgehead atoms. The number of hydrogen-bond acceptors (Lipinski definition) is 5. The third kappa shape index (κ3) is 4.37. The molecule has 1 saturated heterocycles. The van der Waals surface area contributed by atoms with E-state index in [1.54, 1.807) is 19.4 Å². The van der Waals surface area contributed by atoms with Gasteiger partial charge in [0.1, 0.15) is 11.6 Å². The summed E-state index contributed by atoms with van der Waals surface area (Å²) in [6.45, 7) is 6.28. The molecule has 0 aliphatic carbocycles. The Morgan fingerprint density at radius 3 is 2.71 bits per heavy atom. The third-order valence-corrected chi connectivity index (χ3v) is 6.38. The zero-order valence-corrected chi connectivity index (χ0v) is 19.7. The van der Waals surface area contributed by atoms with Crippen LogP contribution in [0, 0.1) is 0 Å². The SMILES string of the molecule is CC[C@@H](C)c1nc2ccc(Br)cc2c(=O)n1N=Cc1ccc(N2CCCC2)cc1OC. The number of anilines is 1. The number of ether oxygens (including phenoxy) is 1. The van der Waals surface area contributed by atoms with Crippen LogP contribution in [0.15, 0.2) is 50.8 Å². The van der Waals surface area contributed by atoms with E-state index in [4.69, 9.17) is 9.72 Å². The summed E-state index contributed by atoms with van der Waals surface area (Å²) in [4.78, 5) is 20.4. The first-order valence-corrected chi connectivity index (χ1v) is 11.5. The number of halogens is 1. The van der Waals surface area contributed by atoms with Crippen molar-refractivity contribution in [2.75, 3.05) is 25.1 Å². The van der Waals surface area contributed by atoms with Gasteiger partial charge >= 0.3 is 0 Å². The molecule has 4 rings (SSSR count). The fourth-order valence-corrected chi connectivity index (χ4v) is 4.24. The zero-order valence-electron chi connectivity index (χ0n) is 18.1. The van der Waals surface area contributed by atoms with Crippen LogP contribution in [-0.4, -0.2) is 36.1 Å². The lowest BCUT2D eigenvalue weighted by Gasteiger charge is -2.19. The van der Waals surface area contributed by atoms with Crippen molar-refractivity contribution in [1.29, 1.82) is 0 Å². The molecule has 1 fully saturated rings. The second kappa shape index (κ2) is 9.22. The molecule has 1 atom stereocenters. The van der Waals surface area contributed by atoms with Crippen LogP contribution < -0.4 is 15.2 Å². The van der Waals surface area contributed by atoms with Gasteiger partial charge in [-0.1, -0.05) is 29.8 Å². The predicted octanol–water partition coefficient (Wildman–Crippen LogP) is 5.16. The summed E-state index contributed by atoms with van der Waals surface area (Å²) in [6.07, 6.45) is 4.99. The van der Waals surface area contributed by atoms with E-state index in [0.29, 0.717) is 16.7 Å². The van der Waals surface area contributed by atoms with E-state index in [1.165, 1.54) is 17.5 Å². The van der Waals surface area contributed by atoms with E-state index >= 15 is 0 Å². The first-order chi connectivity index (χ1) is 15.0. The predicted molar refractivity (Wildman–Crippen MR) is 130 cm³/mol. The maximum absolute atomic E-state index is 13.3. The summed E-state index contributed by atoms with van der Waals surface area (Å²) in [5, 5.41) is 5.11. The highest BCUT2D eigenvalue weighted by Crippen LogP contribution is 2.27. The van der Waals surface area contributed by atoms with Gasteiger partial charge in [-0.25, -0.2) is 4.98 Å². The Hall–Kier alpha value is -2.67. The topological polar surface area (TPSA) is 59.7 Å². The van der Waals surface area contributed by atoms with Crippen molar-refractivity contribution in [2.45, 2.75) is 39.0 Å². The van der Waals surface area contributed by atoms with Crippen molar-refractivity contribution in [1.82, 2.24) is 9.66 Å². The molecule has 6 nitrogen and oxygen atoms in total. The molecule has 2 heterocycles. The maximum Gasteiger partial charge on any atom is 0.282 e. The molecule has 3 aromatic rings. The van der Waals surface area contributed by atoms with Gasteiger partial charge in [0.15, 0.2) is 0 Å². The van der Waals surface area contributed by atoms with Crippen LogP contribution >= 0.6 is 15.9 Å². The molecule has 162 valence electrons. The van der Waals surface area contributed by atoms with E-state index in [2.05, 4.69) is 45.8 Å². The maximum atomic E-state index is 13.3. The molecule has 0 N–H and O–H groups in total. The van der Waals surface area contributed by atoms with Gasteiger partial charge in [0.2, 0.25) is 0 Å². The summed E-state index contributed by atoms with van der Waals surface area (Å²) in [5.74, 6) is 1.49. The Morgan fingerprint density at radius 1 is 1.23 bits per heavy atom. The Labute approximate surface area is 190 Å². The van der Waals surface area contributed by atoms with Crippen LogP contribution in [-0.2, 0) is 0 Å². The van der Waals surface area contributed by atoms with Crippen molar-refractivity contribution in [3.63, 3.8) is 0 Å². The molecule has 1 aromatic heterocycles. The summed E-state index contributed by atoms with van der Waals surface area (Å²) in [6, 6.07) is 11.7. The first-order valence-electron chi connectivity index (χ1n) is 10.7. The molecular formula is C24H27BrN4O2. The highest BCUT2D eigenvalue weighted by Gasteiger charge is 2.17. The number of fused-ring (bicyclic) bond motifs is 1. The van der Waals surface area contributed by atoms with Gasteiger partial charge in [-0.15, -0.1) is 0 Å². The molecule has 31 heavy (non-hydrogen) atoms. The number of rotatable bonds is 6. The molecule has 0 spiro atoms. The Bertz CT molecular complexity index is 1180. The largest absolute Gasteiger partial charge is 0.496 e.